The first-order valence-corrected chi connectivity index (χ1v) is 8.17. The molecule has 2 aromatic rings. The highest BCUT2D eigenvalue weighted by Gasteiger charge is 2.15. The Kier molecular flexibility index (Phi) is 5.17. The minimum Gasteiger partial charge on any atom is -0.351 e. The number of nitrogens with zero attached hydrogens (tertiary/aromatic N) is 2. The van der Waals surface area contributed by atoms with Gasteiger partial charge in [-0.1, -0.05) is 19.9 Å². The van der Waals surface area contributed by atoms with Crippen LogP contribution in [0.25, 0.3) is 0 Å². The first-order chi connectivity index (χ1) is 9.97. The third-order valence-corrected chi connectivity index (χ3v) is 4.32. The van der Waals surface area contributed by atoms with Gasteiger partial charge < -0.3 is 5.32 Å². The van der Waals surface area contributed by atoms with E-state index >= 15 is 0 Å². The van der Waals surface area contributed by atoms with Crippen molar-refractivity contribution in [1.29, 1.82) is 0 Å². The molecule has 0 spiro atoms. The number of hydrogen-bond donors (Lipinski definition) is 1. The van der Waals surface area contributed by atoms with Crippen LogP contribution in [0.4, 0.5) is 0 Å². The molecule has 0 saturated carbocycles. The van der Waals surface area contributed by atoms with Crippen molar-refractivity contribution in [2.75, 3.05) is 0 Å². The van der Waals surface area contributed by atoms with Crippen molar-refractivity contribution in [3.63, 3.8) is 0 Å². The van der Waals surface area contributed by atoms with E-state index in [9.17, 15) is 4.79 Å². The molecule has 0 aliphatic heterocycles. The minimum absolute atomic E-state index is 0.0543. The van der Waals surface area contributed by atoms with Crippen LogP contribution >= 0.6 is 11.3 Å². The van der Waals surface area contributed by atoms with Gasteiger partial charge in [0.1, 0.15) is 0 Å². The second kappa shape index (κ2) is 6.89. The van der Waals surface area contributed by atoms with Crippen molar-refractivity contribution in [1.82, 2.24) is 15.1 Å². The quantitative estimate of drug-likeness (QED) is 0.891. The van der Waals surface area contributed by atoms with Crippen molar-refractivity contribution in [2.24, 2.45) is 5.92 Å². The van der Waals surface area contributed by atoms with Crippen molar-refractivity contribution in [2.45, 2.75) is 47.2 Å². The smallest absolute Gasteiger partial charge is 0.224 e. The van der Waals surface area contributed by atoms with E-state index in [-0.39, 0.29) is 5.91 Å². The van der Waals surface area contributed by atoms with E-state index in [1.165, 1.54) is 4.88 Å². The van der Waals surface area contributed by atoms with Crippen LogP contribution in [0, 0.1) is 19.8 Å². The molecule has 5 heteroatoms. The van der Waals surface area contributed by atoms with Gasteiger partial charge in [-0.25, -0.2) is 0 Å². The molecule has 1 N–H and O–H groups in total. The van der Waals surface area contributed by atoms with Gasteiger partial charge in [-0.3, -0.25) is 9.48 Å². The molecule has 2 aromatic heterocycles. The molecule has 0 fully saturated rings. The molecule has 0 bridgehead atoms. The van der Waals surface area contributed by atoms with Crippen molar-refractivity contribution in [3.05, 3.63) is 39.3 Å². The predicted octanol–water partition coefficient (Wildman–Crippen LogP) is 3.08. The van der Waals surface area contributed by atoms with E-state index in [4.69, 9.17) is 0 Å². The maximum atomic E-state index is 12.1. The molecule has 0 saturated heterocycles. The normalized spacial score (nSPS) is 11.1. The van der Waals surface area contributed by atoms with Crippen LogP contribution in [-0.4, -0.2) is 15.7 Å². The number of thiophene rings is 1. The molecule has 2 heterocycles. The van der Waals surface area contributed by atoms with Gasteiger partial charge in [-0.05, 0) is 31.2 Å². The molecule has 0 aliphatic rings. The third kappa shape index (κ3) is 4.17. The second-order valence-corrected chi connectivity index (χ2v) is 6.79. The molecule has 4 nitrogen and oxygen atoms in total. The molecule has 114 valence electrons. The van der Waals surface area contributed by atoms with E-state index in [2.05, 4.69) is 24.3 Å². The Bertz CT molecular complexity index is 599. The SMILES string of the molecule is Cc1nn(CC(C)C)c(C)c1CC(=O)NCc1cccs1. The number of carbonyl (C=O) groups excluding carboxylic acids is 1. The topological polar surface area (TPSA) is 46.9 Å². The fraction of sp³-hybridized carbons (Fsp3) is 0.500. The molecule has 1 amide bonds. The maximum Gasteiger partial charge on any atom is 0.224 e. The Morgan fingerprint density at radius 1 is 1.43 bits per heavy atom. The molecular formula is C16H23N3OS. The zero-order valence-electron chi connectivity index (χ0n) is 13.1. The lowest BCUT2D eigenvalue weighted by Crippen LogP contribution is -2.24. The van der Waals surface area contributed by atoms with E-state index < -0.39 is 0 Å². The summed E-state index contributed by atoms with van der Waals surface area (Å²) in [5, 5.41) is 9.54. The standard InChI is InChI=1S/C16H23N3OS/c1-11(2)10-19-13(4)15(12(3)18-19)8-16(20)17-9-14-6-5-7-21-14/h5-7,11H,8-10H2,1-4H3,(H,17,20). The predicted molar refractivity (Wildman–Crippen MR) is 86.4 cm³/mol. The molecule has 0 aromatic carbocycles. The van der Waals surface area contributed by atoms with Crippen molar-refractivity contribution >= 4 is 17.2 Å². The zero-order chi connectivity index (χ0) is 15.4. The lowest BCUT2D eigenvalue weighted by atomic mass is 10.1. The fourth-order valence-electron chi connectivity index (χ4n) is 2.34. The molecule has 2 rings (SSSR count). The van der Waals surface area contributed by atoms with Crippen LogP contribution in [0.15, 0.2) is 17.5 Å². The van der Waals surface area contributed by atoms with Gasteiger partial charge in [-0.2, -0.15) is 5.10 Å². The van der Waals surface area contributed by atoms with Crippen molar-refractivity contribution < 1.29 is 4.79 Å². The van der Waals surface area contributed by atoms with Gasteiger partial charge >= 0.3 is 0 Å². The summed E-state index contributed by atoms with van der Waals surface area (Å²) in [6.07, 6.45) is 0.404. The maximum absolute atomic E-state index is 12.1. The number of aromatic nitrogens is 2. The first kappa shape index (κ1) is 15.8. The highest BCUT2D eigenvalue weighted by molar-refractivity contribution is 7.09. The molecule has 0 unspecified atom stereocenters. The van der Waals surface area contributed by atoms with Crippen LogP contribution in [0.5, 0.6) is 0 Å². The largest absolute Gasteiger partial charge is 0.351 e. The Balaban J connectivity index is 1.98. The van der Waals surface area contributed by atoms with Gasteiger partial charge in [0.15, 0.2) is 0 Å². The Labute approximate surface area is 130 Å². The lowest BCUT2D eigenvalue weighted by Gasteiger charge is -2.08. The fourth-order valence-corrected chi connectivity index (χ4v) is 2.98. The third-order valence-electron chi connectivity index (χ3n) is 3.45. The lowest BCUT2D eigenvalue weighted by molar-refractivity contribution is -0.120. The van der Waals surface area contributed by atoms with Crippen LogP contribution < -0.4 is 5.32 Å². The second-order valence-electron chi connectivity index (χ2n) is 5.76. The van der Waals surface area contributed by atoms with Crippen LogP contribution in [0.3, 0.4) is 0 Å². The number of amides is 1. The summed E-state index contributed by atoms with van der Waals surface area (Å²) in [5.41, 5.74) is 3.12. The summed E-state index contributed by atoms with van der Waals surface area (Å²) >= 11 is 1.66. The number of carbonyl (C=O) groups is 1. The zero-order valence-corrected chi connectivity index (χ0v) is 14.0. The van der Waals surface area contributed by atoms with E-state index in [0.29, 0.717) is 18.9 Å². The van der Waals surface area contributed by atoms with E-state index in [0.717, 1.165) is 23.5 Å². The van der Waals surface area contributed by atoms with Gasteiger partial charge in [0.2, 0.25) is 5.91 Å². The van der Waals surface area contributed by atoms with Crippen LogP contribution in [0.1, 0.15) is 35.7 Å². The van der Waals surface area contributed by atoms with Gasteiger partial charge in [-0.15, -0.1) is 11.3 Å². The van der Waals surface area contributed by atoms with E-state index in [1.54, 1.807) is 11.3 Å². The summed E-state index contributed by atoms with van der Waals surface area (Å²) in [7, 11) is 0. The Morgan fingerprint density at radius 2 is 2.19 bits per heavy atom. The number of nitrogens with one attached hydrogen (secondary N) is 1. The summed E-state index contributed by atoms with van der Waals surface area (Å²) in [6.45, 7) is 9.86. The summed E-state index contributed by atoms with van der Waals surface area (Å²) in [4.78, 5) is 13.3. The van der Waals surface area contributed by atoms with Gasteiger partial charge in [0, 0.05) is 22.7 Å². The first-order valence-electron chi connectivity index (χ1n) is 7.29. The molecular weight excluding hydrogens is 282 g/mol. The highest BCUT2D eigenvalue weighted by atomic mass is 32.1. The number of rotatable bonds is 6. The van der Waals surface area contributed by atoms with E-state index in [1.807, 2.05) is 36.0 Å². The Morgan fingerprint density at radius 3 is 2.81 bits per heavy atom. The molecule has 0 aliphatic carbocycles. The molecule has 0 atom stereocenters. The van der Waals surface area contributed by atoms with Gasteiger partial charge in [0.25, 0.3) is 0 Å². The van der Waals surface area contributed by atoms with Crippen LogP contribution in [0.2, 0.25) is 0 Å². The summed E-state index contributed by atoms with van der Waals surface area (Å²) in [6, 6.07) is 4.03. The average molecular weight is 305 g/mol. The molecule has 0 radical (unpaired) electrons. The molecule has 21 heavy (non-hydrogen) atoms. The monoisotopic (exact) mass is 305 g/mol. The number of hydrogen-bond acceptors (Lipinski definition) is 3. The van der Waals surface area contributed by atoms with Crippen molar-refractivity contribution in [3.8, 4) is 0 Å². The number of aryl methyl sites for hydroxylation is 1. The average Bonchev–Trinajstić information content (AvgIpc) is 3.00. The van der Waals surface area contributed by atoms with Gasteiger partial charge in [0.05, 0.1) is 18.7 Å². The van der Waals surface area contributed by atoms with Crippen LogP contribution in [-0.2, 0) is 24.3 Å². The Hall–Kier alpha value is -1.62. The summed E-state index contributed by atoms with van der Waals surface area (Å²) < 4.78 is 2.02. The minimum atomic E-state index is 0.0543. The highest BCUT2D eigenvalue weighted by Crippen LogP contribution is 2.15. The summed E-state index contributed by atoms with van der Waals surface area (Å²) in [5.74, 6) is 0.599.